The van der Waals surface area contributed by atoms with Crippen LogP contribution >= 0.6 is 11.9 Å². The SMILES string of the molecule is CC(C)Oc1cncc(-c2ccc(NC(=O)Cc3ccnc(NSC4CC4)n3)cc2)n1. The molecule has 0 aliphatic heterocycles. The van der Waals surface area contributed by atoms with Crippen LogP contribution in [0.3, 0.4) is 0 Å². The van der Waals surface area contributed by atoms with Gasteiger partial charge < -0.3 is 10.1 Å². The number of amides is 1. The monoisotopic (exact) mass is 436 g/mol. The molecule has 0 radical (unpaired) electrons. The number of nitrogens with one attached hydrogen (secondary N) is 2. The van der Waals surface area contributed by atoms with Crippen LogP contribution in [0, 0.1) is 0 Å². The fourth-order valence-electron chi connectivity index (χ4n) is 2.75. The average Bonchev–Trinajstić information content (AvgIpc) is 3.57. The van der Waals surface area contributed by atoms with Gasteiger partial charge in [0.05, 0.1) is 36.3 Å². The normalized spacial score (nSPS) is 13.1. The van der Waals surface area contributed by atoms with Gasteiger partial charge >= 0.3 is 0 Å². The summed E-state index contributed by atoms with van der Waals surface area (Å²) < 4.78 is 8.75. The molecule has 2 aromatic heterocycles. The van der Waals surface area contributed by atoms with E-state index in [2.05, 4.69) is 30.0 Å². The molecule has 1 aromatic carbocycles. The molecule has 1 saturated carbocycles. The molecule has 1 fully saturated rings. The molecule has 31 heavy (non-hydrogen) atoms. The number of carbonyl (C=O) groups excluding carboxylic acids is 1. The smallest absolute Gasteiger partial charge is 0.233 e. The second-order valence-electron chi connectivity index (χ2n) is 7.50. The summed E-state index contributed by atoms with van der Waals surface area (Å²) in [6, 6.07) is 9.20. The van der Waals surface area contributed by atoms with E-state index in [9.17, 15) is 4.79 Å². The van der Waals surface area contributed by atoms with Crippen LogP contribution in [0.25, 0.3) is 11.3 Å². The van der Waals surface area contributed by atoms with Crippen molar-refractivity contribution in [2.75, 3.05) is 10.0 Å². The maximum Gasteiger partial charge on any atom is 0.233 e. The molecule has 160 valence electrons. The van der Waals surface area contributed by atoms with Gasteiger partial charge in [-0.25, -0.2) is 15.0 Å². The van der Waals surface area contributed by atoms with Crippen LogP contribution in [-0.2, 0) is 11.2 Å². The molecular formula is C22H24N6O2S. The van der Waals surface area contributed by atoms with E-state index in [1.165, 1.54) is 12.8 Å². The summed E-state index contributed by atoms with van der Waals surface area (Å²) in [7, 11) is 0. The maximum absolute atomic E-state index is 12.4. The van der Waals surface area contributed by atoms with Crippen molar-refractivity contribution in [2.24, 2.45) is 0 Å². The Labute approximate surface area is 185 Å². The van der Waals surface area contributed by atoms with E-state index in [0.29, 0.717) is 34.2 Å². The predicted molar refractivity (Wildman–Crippen MR) is 122 cm³/mol. The van der Waals surface area contributed by atoms with E-state index in [4.69, 9.17) is 4.74 Å². The summed E-state index contributed by atoms with van der Waals surface area (Å²) in [5, 5.41) is 3.55. The zero-order valence-corrected chi connectivity index (χ0v) is 18.2. The molecule has 1 aliphatic rings. The van der Waals surface area contributed by atoms with Gasteiger partial charge in [-0.3, -0.25) is 14.5 Å². The first kappa shape index (κ1) is 21.0. The third-order valence-electron chi connectivity index (χ3n) is 4.33. The Kier molecular flexibility index (Phi) is 6.61. The molecule has 0 spiro atoms. The maximum atomic E-state index is 12.4. The second kappa shape index (κ2) is 9.74. The first-order valence-electron chi connectivity index (χ1n) is 10.2. The van der Waals surface area contributed by atoms with Gasteiger partial charge in [0, 0.05) is 22.7 Å². The second-order valence-corrected chi connectivity index (χ2v) is 8.61. The lowest BCUT2D eigenvalue weighted by molar-refractivity contribution is -0.115. The lowest BCUT2D eigenvalue weighted by atomic mass is 10.1. The van der Waals surface area contributed by atoms with Gasteiger partial charge in [-0.15, -0.1) is 0 Å². The third kappa shape index (κ3) is 6.39. The zero-order chi connectivity index (χ0) is 21.6. The minimum absolute atomic E-state index is 0.0286. The Bertz CT molecular complexity index is 1040. The molecule has 0 unspecified atom stereocenters. The molecule has 3 aromatic rings. The fraction of sp³-hybridized carbons (Fsp3) is 0.318. The van der Waals surface area contributed by atoms with Crippen molar-refractivity contribution in [1.82, 2.24) is 19.9 Å². The minimum Gasteiger partial charge on any atom is -0.474 e. The highest BCUT2D eigenvalue weighted by Crippen LogP contribution is 2.33. The number of rotatable bonds is 9. The van der Waals surface area contributed by atoms with Crippen LogP contribution < -0.4 is 14.8 Å². The topological polar surface area (TPSA) is 102 Å². The van der Waals surface area contributed by atoms with Crippen LogP contribution in [0.2, 0.25) is 0 Å². The summed E-state index contributed by atoms with van der Waals surface area (Å²) in [6.07, 6.45) is 7.59. The van der Waals surface area contributed by atoms with Crippen molar-refractivity contribution in [3.05, 3.63) is 54.6 Å². The van der Waals surface area contributed by atoms with Crippen LogP contribution in [0.1, 0.15) is 32.4 Å². The van der Waals surface area contributed by atoms with Crippen LogP contribution in [0.15, 0.2) is 48.9 Å². The number of ether oxygens (including phenoxy) is 1. The number of nitrogens with zero attached hydrogens (tertiary/aromatic N) is 4. The molecule has 4 rings (SSSR count). The van der Waals surface area contributed by atoms with Gasteiger partial charge in [0.1, 0.15) is 0 Å². The van der Waals surface area contributed by atoms with Crippen molar-refractivity contribution in [2.45, 2.75) is 44.5 Å². The van der Waals surface area contributed by atoms with Gasteiger partial charge in [-0.2, -0.15) is 0 Å². The van der Waals surface area contributed by atoms with Gasteiger partial charge in [-0.05, 0) is 56.8 Å². The minimum atomic E-state index is -0.139. The van der Waals surface area contributed by atoms with Gasteiger partial charge in [0.15, 0.2) is 0 Å². The Morgan fingerprint density at radius 2 is 1.97 bits per heavy atom. The molecule has 0 bridgehead atoms. The average molecular weight is 437 g/mol. The van der Waals surface area contributed by atoms with Crippen LogP contribution in [-0.4, -0.2) is 37.2 Å². The predicted octanol–water partition coefficient (Wildman–Crippen LogP) is 4.12. The van der Waals surface area contributed by atoms with Crippen molar-refractivity contribution >= 4 is 29.5 Å². The van der Waals surface area contributed by atoms with Crippen molar-refractivity contribution in [3.8, 4) is 17.1 Å². The first-order chi connectivity index (χ1) is 15.0. The van der Waals surface area contributed by atoms with Crippen molar-refractivity contribution < 1.29 is 9.53 Å². The number of hydrogen-bond donors (Lipinski definition) is 2. The molecular weight excluding hydrogens is 412 g/mol. The highest BCUT2D eigenvalue weighted by atomic mass is 32.2. The Balaban J connectivity index is 1.34. The Hall–Kier alpha value is -3.20. The number of anilines is 2. The molecule has 2 heterocycles. The summed E-state index contributed by atoms with van der Waals surface area (Å²) in [5.74, 6) is 0.884. The molecule has 2 N–H and O–H groups in total. The molecule has 0 saturated heterocycles. The summed E-state index contributed by atoms with van der Waals surface area (Å²) >= 11 is 1.64. The molecule has 9 heteroatoms. The number of benzene rings is 1. The number of hydrogen-bond acceptors (Lipinski definition) is 8. The molecule has 1 aliphatic carbocycles. The third-order valence-corrected chi connectivity index (χ3v) is 5.43. The van der Waals surface area contributed by atoms with Gasteiger partial charge in [0.25, 0.3) is 0 Å². The summed E-state index contributed by atoms with van der Waals surface area (Å²) in [6.45, 7) is 3.88. The standard InChI is InChI=1S/C22H24N6O2S/c1-14(2)30-21-13-23-12-19(27-21)15-3-5-16(6-4-15)25-20(29)11-17-9-10-24-22(26-17)28-31-18-7-8-18/h3-6,9-10,12-14,18H,7-8,11H2,1-2H3,(H,25,29)(H,24,26,28). The summed E-state index contributed by atoms with van der Waals surface area (Å²) in [5.41, 5.74) is 2.97. The zero-order valence-electron chi connectivity index (χ0n) is 17.4. The number of carbonyl (C=O) groups is 1. The highest BCUT2D eigenvalue weighted by Gasteiger charge is 2.22. The van der Waals surface area contributed by atoms with E-state index in [-0.39, 0.29) is 18.4 Å². The Morgan fingerprint density at radius 1 is 1.16 bits per heavy atom. The van der Waals surface area contributed by atoms with E-state index in [1.807, 2.05) is 38.1 Å². The van der Waals surface area contributed by atoms with E-state index in [0.717, 1.165) is 5.56 Å². The van der Waals surface area contributed by atoms with E-state index >= 15 is 0 Å². The quantitative estimate of drug-likeness (QED) is 0.483. The lowest BCUT2D eigenvalue weighted by Crippen LogP contribution is -2.15. The molecule has 1 amide bonds. The first-order valence-corrected chi connectivity index (χ1v) is 11.1. The molecule has 0 atom stereocenters. The van der Waals surface area contributed by atoms with E-state index in [1.54, 1.807) is 36.6 Å². The van der Waals surface area contributed by atoms with E-state index < -0.39 is 0 Å². The fourth-order valence-corrected chi connectivity index (χ4v) is 3.49. The van der Waals surface area contributed by atoms with Crippen LogP contribution in [0.5, 0.6) is 5.88 Å². The van der Waals surface area contributed by atoms with Gasteiger partial charge in [0.2, 0.25) is 17.7 Å². The largest absolute Gasteiger partial charge is 0.474 e. The van der Waals surface area contributed by atoms with Crippen LogP contribution in [0.4, 0.5) is 11.6 Å². The van der Waals surface area contributed by atoms with Gasteiger partial charge in [-0.1, -0.05) is 12.1 Å². The van der Waals surface area contributed by atoms with Crippen molar-refractivity contribution in [1.29, 1.82) is 0 Å². The number of aromatic nitrogens is 4. The lowest BCUT2D eigenvalue weighted by Gasteiger charge is -2.10. The molecule has 8 nitrogen and oxygen atoms in total. The Morgan fingerprint density at radius 3 is 2.71 bits per heavy atom. The summed E-state index contributed by atoms with van der Waals surface area (Å²) in [4.78, 5) is 29.7. The highest BCUT2D eigenvalue weighted by molar-refractivity contribution is 8.01. The van der Waals surface area contributed by atoms with Crippen molar-refractivity contribution in [3.63, 3.8) is 0 Å².